The summed E-state index contributed by atoms with van der Waals surface area (Å²) in [7, 11) is 2.46. The van der Waals surface area contributed by atoms with E-state index in [2.05, 4.69) is 103 Å². The van der Waals surface area contributed by atoms with Crippen LogP contribution in [0.3, 0.4) is 0 Å². The Kier molecular flexibility index (Phi) is 8.41. The van der Waals surface area contributed by atoms with Gasteiger partial charge in [-0.25, -0.2) is 0 Å². The molecule has 4 heteroatoms. The summed E-state index contributed by atoms with van der Waals surface area (Å²) in [4.78, 5) is 2.55. The van der Waals surface area contributed by atoms with Crippen LogP contribution in [-0.2, 0) is 24.0 Å². The minimum atomic E-state index is 0. The van der Waals surface area contributed by atoms with Gasteiger partial charge >= 0.3 is 0 Å². The van der Waals surface area contributed by atoms with Crippen LogP contribution >= 0.6 is 0 Å². The summed E-state index contributed by atoms with van der Waals surface area (Å²) >= 11 is 0. The van der Waals surface area contributed by atoms with E-state index in [0.29, 0.717) is 12.4 Å². The average molecular weight is 431 g/mol. The quantitative estimate of drug-likeness (QED) is 0.453. The van der Waals surface area contributed by atoms with E-state index in [1.54, 1.807) is 0 Å². The molecule has 0 saturated carbocycles. The average Bonchev–Trinajstić information content (AvgIpc) is 2.82. The van der Waals surface area contributed by atoms with Crippen LogP contribution in [0.25, 0.3) is 5.73 Å². The van der Waals surface area contributed by atoms with E-state index in [1.807, 2.05) is 0 Å². The van der Waals surface area contributed by atoms with E-state index in [0.717, 1.165) is 32.4 Å². The van der Waals surface area contributed by atoms with Gasteiger partial charge in [-0.3, -0.25) is 0 Å². The summed E-state index contributed by atoms with van der Waals surface area (Å²) in [5.74, 6) is 0.314. The summed E-state index contributed by atoms with van der Waals surface area (Å²) < 4.78 is 0. The first-order valence-corrected chi connectivity index (χ1v) is 10.7. The van der Waals surface area contributed by atoms with Crippen LogP contribution in [0.1, 0.15) is 35.3 Å². The number of nitrogens with zero attached hydrogens (tertiary/aromatic N) is 1. The molecule has 0 atom stereocenters. The van der Waals surface area contributed by atoms with Crippen molar-refractivity contribution in [3.63, 3.8) is 0 Å². The largest absolute Gasteiger partial charge is 0.677 e. The SMILES string of the molecule is [NH-]CC1(c2ccccc2)CCN(C[B]C(c2ccccc2)c2ccccc2)CC1.[V]. The normalized spacial score (nSPS) is 16.1. The second-order valence-electron chi connectivity index (χ2n) is 8.16. The Labute approximate surface area is 194 Å². The van der Waals surface area contributed by atoms with E-state index in [4.69, 9.17) is 5.73 Å². The van der Waals surface area contributed by atoms with Gasteiger partial charge in [0.05, 0.1) is 0 Å². The molecule has 0 amide bonds. The Hall–Kier alpha value is -1.77. The molecule has 152 valence electrons. The Morgan fingerprint density at radius 2 is 1.23 bits per heavy atom. The Morgan fingerprint density at radius 3 is 1.70 bits per heavy atom. The van der Waals surface area contributed by atoms with E-state index < -0.39 is 0 Å². The number of benzene rings is 3. The maximum absolute atomic E-state index is 8.22. The molecule has 3 aromatic carbocycles. The van der Waals surface area contributed by atoms with Crippen molar-refractivity contribution >= 4 is 7.28 Å². The summed E-state index contributed by atoms with van der Waals surface area (Å²) in [5, 5.41) is 0. The van der Waals surface area contributed by atoms with Crippen LogP contribution in [0, 0.1) is 0 Å². The van der Waals surface area contributed by atoms with Crippen molar-refractivity contribution in [2.75, 3.05) is 26.1 Å². The van der Waals surface area contributed by atoms with Crippen LogP contribution in [0.5, 0.6) is 0 Å². The van der Waals surface area contributed by atoms with Crippen LogP contribution in [0.15, 0.2) is 91.0 Å². The molecule has 0 bridgehead atoms. The predicted octanol–water partition coefficient (Wildman–Crippen LogP) is 5.52. The Bertz CT molecular complexity index is 826. The minimum Gasteiger partial charge on any atom is -0.677 e. The van der Waals surface area contributed by atoms with Gasteiger partial charge in [0.2, 0.25) is 0 Å². The van der Waals surface area contributed by atoms with Gasteiger partial charge in [0.1, 0.15) is 7.28 Å². The molecule has 1 saturated heterocycles. The topological polar surface area (TPSA) is 27.0 Å². The van der Waals surface area contributed by atoms with Crippen molar-refractivity contribution in [1.82, 2.24) is 4.90 Å². The number of hydrogen-bond acceptors (Lipinski definition) is 1. The number of likely N-dealkylation sites (tertiary alicyclic amines) is 1. The molecule has 0 unspecified atom stereocenters. The van der Waals surface area contributed by atoms with Gasteiger partial charge in [0, 0.05) is 18.6 Å². The molecule has 1 fully saturated rings. The third-order valence-electron chi connectivity index (χ3n) is 6.45. The zero-order valence-corrected chi connectivity index (χ0v) is 18.8. The van der Waals surface area contributed by atoms with Crippen molar-refractivity contribution in [3.8, 4) is 0 Å². The van der Waals surface area contributed by atoms with Gasteiger partial charge in [-0.05, 0) is 60.3 Å². The molecule has 2 radical (unpaired) electrons. The number of nitrogens with one attached hydrogen (secondary N) is 1. The molecular formula is C26H29BN2V-. The summed E-state index contributed by atoms with van der Waals surface area (Å²) in [5.41, 5.74) is 12.3. The number of rotatable bonds is 7. The molecule has 0 aromatic heterocycles. The second kappa shape index (κ2) is 11.0. The second-order valence-corrected chi connectivity index (χ2v) is 8.16. The van der Waals surface area contributed by atoms with E-state index in [-0.39, 0.29) is 24.0 Å². The molecule has 3 aromatic rings. The first-order valence-electron chi connectivity index (χ1n) is 10.7. The third-order valence-corrected chi connectivity index (χ3v) is 6.45. The molecule has 1 aliphatic rings. The summed E-state index contributed by atoms with van der Waals surface area (Å²) in [6.07, 6.45) is 3.11. The van der Waals surface area contributed by atoms with Crippen LogP contribution in [0.4, 0.5) is 0 Å². The fourth-order valence-corrected chi connectivity index (χ4v) is 4.56. The van der Waals surface area contributed by atoms with E-state index in [1.165, 1.54) is 16.7 Å². The fourth-order valence-electron chi connectivity index (χ4n) is 4.56. The maximum atomic E-state index is 8.22. The maximum Gasteiger partial charge on any atom is 0.144 e. The van der Waals surface area contributed by atoms with Crippen molar-refractivity contribution in [1.29, 1.82) is 0 Å². The minimum absolute atomic E-state index is 0. The summed E-state index contributed by atoms with van der Waals surface area (Å²) in [6.45, 7) is 2.59. The zero-order valence-electron chi connectivity index (χ0n) is 17.5. The first-order chi connectivity index (χ1) is 14.3. The Morgan fingerprint density at radius 1 is 0.767 bits per heavy atom. The Balaban J connectivity index is 0.00000256. The van der Waals surface area contributed by atoms with Crippen LogP contribution < -0.4 is 0 Å². The molecule has 1 heterocycles. The molecule has 30 heavy (non-hydrogen) atoms. The van der Waals surface area contributed by atoms with Gasteiger partial charge < -0.3 is 10.6 Å². The van der Waals surface area contributed by atoms with Crippen molar-refractivity contribution in [3.05, 3.63) is 113 Å². The molecule has 2 nitrogen and oxygen atoms in total. The molecule has 0 spiro atoms. The van der Waals surface area contributed by atoms with Crippen molar-refractivity contribution < 1.29 is 18.6 Å². The van der Waals surface area contributed by atoms with Crippen LogP contribution in [0.2, 0.25) is 0 Å². The zero-order chi connectivity index (χ0) is 19.9. The van der Waals surface area contributed by atoms with Gasteiger partial charge in [-0.15, -0.1) is 6.54 Å². The first kappa shape index (κ1) is 22.9. The third kappa shape index (κ3) is 5.28. The van der Waals surface area contributed by atoms with E-state index >= 15 is 0 Å². The van der Waals surface area contributed by atoms with Gasteiger partial charge in [0.25, 0.3) is 0 Å². The standard InChI is InChI=1S/C26H29BN2.V/c28-20-26(24-14-8-3-9-15-24)16-18-29(19-17-26)21-27-25(22-10-4-1-5-11-22)23-12-6-2-7-13-23;/h1-15,25,28H,16-21H2;/q-1;. The molecule has 1 aliphatic heterocycles. The molecule has 1 N–H and O–H groups in total. The van der Waals surface area contributed by atoms with Crippen molar-refractivity contribution in [2.24, 2.45) is 0 Å². The van der Waals surface area contributed by atoms with Gasteiger partial charge in [-0.2, -0.15) is 0 Å². The van der Waals surface area contributed by atoms with Crippen LogP contribution in [-0.4, -0.2) is 38.3 Å². The number of hydrogen-bond donors (Lipinski definition) is 0. The molecule has 0 aliphatic carbocycles. The smallest absolute Gasteiger partial charge is 0.144 e. The number of piperidine rings is 1. The monoisotopic (exact) mass is 431 g/mol. The fraction of sp³-hybridized carbons (Fsp3) is 0.308. The summed E-state index contributed by atoms with van der Waals surface area (Å²) in [6, 6.07) is 32.3. The molecular weight excluding hydrogens is 402 g/mol. The van der Waals surface area contributed by atoms with E-state index in [9.17, 15) is 0 Å². The van der Waals surface area contributed by atoms with Gasteiger partial charge in [0.15, 0.2) is 0 Å². The predicted molar refractivity (Wildman–Crippen MR) is 123 cm³/mol. The van der Waals surface area contributed by atoms with Crippen molar-refractivity contribution in [2.45, 2.75) is 24.1 Å². The molecule has 4 rings (SSSR count). The van der Waals surface area contributed by atoms with Gasteiger partial charge in [-0.1, -0.05) is 91.0 Å².